The van der Waals surface area contributed by atoms with Gasteiger partial charge in [-0.05, 0) is 31.6 Å². The first-order valence-corrected chi connectivity index (χ1v) is 7.26. The summed E-state index contributed by atoms with van der Waals surface area (Å²) in [5, 5.41) is 0. The highest BCUT2D eigenvalue weighted by Gasteiger charge is 2.29. The van der Waals surface area contributed by atoms with E-state index in [9.17, 15) is 9.59 Å². The molecular weight excluding hydrogens is 228 g/mol. The summed E-state index contributed by atoms with van der Waals surface area (Å²) in [4.78, 5) is 27.8. The van der Waals surface area contributed by atoms with Gasteiger partial charge in [-0.2, -0.15) is 0 Å². The van der Waals surface area contributed by atoms with E-state index < -0.39 is 0 Å². The number of hydrogen-bond donors (Lipinski definition) is 0. The van der Waals surface area contributed by atoms with Crippen LogP contribution in [-0.4, -0.2) is 47.8 Å². The molecule has 2 aliphatic rings. The molecule has 2 aliphatic heterocycles. The minimum Gasteiger partial charge on any atom is -0.334 e. The number of carbonyl (C=O) groups is 2. The van der Waals surface area contributed by atoms with Gasteiger partial charge in [-0.1, -0.05) is 19.8 Å². The molecule has 0 spiro atoms. The van der Waals surface area contributed by atoms with Crippen LogP contribution in [0.4, 0.5) is 0 Å². The molecule has 2 saturated heterocycles. The van der Waals surface area contributed by atoms with Crippen molar-refractivity contribution in [2.45, 2.75) is 45.4 Å². The second-order valence-electron chi connectivity index (χ2n) is 5.68. The van der Waals surface area contributed by atoms with E-state index in [1.165, 1.54) is 12.8 Å². The smallest absolute Gasteiger partial charge is 0.312 e. The molecule has 0 radical (unpaired) electrons. The third-order valence-electron chi connectivity index (χ3n) is 4.15. The molecule has 4 heteroatoms. The zero-order valence-electron chi connectivity index (χ0n) is 11.4. The summed E-state index contributed by atoms with van der Waals surface area (Å²) in [6, 6.07) is 0. The number of carbonyl (C=O) groups excluding carboxylic acids is 2. The fourth-order valence-electron chi connectivity index (χ4n) is 2.76. The van der Waals surface area contributed by atoms with Crippen molar-refractivity contribution in [1.82, 2.24) is 9.80 Å². The Labute approximate surface area is 109 Å². The normalized spacial score (nSPS) is 22.7. The highest BCUT2D eigenvalue weighted by Crippen LogP contribution is 2.17. The van der Waals surface area contributed by atoms with Crippen LogP contribution in [0.2, 0.25) is 0 Å². The van der Waals surface area contributed by atoms with Crippen molar-refractivity contribution in [2.24, 2.45) is 5.92 Å². The molecule has 4 nitrogen and oxygen atoms in total. The Morgan fingerprint density at radius 3 is 1.72 bits per heavy atom. The van der Waals surface area contributed by atoms with E-state index in [0.29, 0.717) is 5.92 Å². The molecular formula is C14H24N2O2. The minimum atomic E-state index is -0.274. The fourth-order valence-corrected chi connectivity index (χ4v) is 2.76. The number of rotatable bonds is 0. The molecule has 0 bridgehead atoms. The summed E-state index contributed by atoms with van der Waals surface area (Å²) in [5.74, 6) is 0.137. The minimum absolute atomic E-state index is 0.272. The molecule has 102 valence electrons. The maximum Gasteiger partial charge on any atom is 0.312 e. The lowest BCUT2D eigenvalue weighted by molar-refractivity contribution is -0.152. The van der Waals surface area contributed by atoms with E-state index in [0.717, 1.165) is 51.9 Å². The Kier molecular flexibility index (Phi) is 4.61. The van der Waals surface area contributed by atoms with E-state index in [4.69, 9.17) is 0 Å². The lowest BCUT2D eigenvalue weighted by Crippen LogP contribution is -2.48. The molecule has 0 aromatic rings. The van der Waals surface area contributed by atoms with Crippen LogP contribution in [0.5, 0.6) is 0 Å². The van der Waals surface area contributed by atoms with Crippen LogP contribution in [0.3, 0.4) is 0 Å². The molecule has 0 aliphatic carbocycles. The zero-order valence-corrected chi connectivity index (χ0v) is 11.4. The van der Waals surface area contributed by atoms with Crippen molar-refractivity contribution in [3.63, 3.8) is 0 Å². The van der Waals surface area contributed by atoms with Gasteiger partial charge in [0.15, 0.2) is 0 Å². The predicted octanol–water partition coefficient (Wildman–Crippen LogP) is 1.65. The van der Waals surface area contributed by atoms with E-state index in [1.54, 1.807) is 9.80 Å². The van der Waals surface area contributed by atoms with Gasteiger partial charge in [0.1, 0.15) is 0 Å². The van der Waals surface area contributed by atoms with Gasteiger partial charge >= 0.3 is 11.8 Å². The highest BCUT2D eigenvalue weighted by molar-refractivity contribution is 6.34. The van der Waals surface area contributed by atoms with Crippen molar-refractivity contribution in [3.05, 3.63) is 0 Å². The van der Waals surface area contributed by atoms with Gasteiger partial charge in [0.25, 0.3) is 0 Å². The largest absolute Gasteiger partial charge is 0.334 e. The SMILES string of the molecule is CC1CCN(C(=O)C(=O)N2CCCCCC2)CC1. The lowest BCUT2D eigenvalue weighted by Gasteiger charge is -2.31. The Morgan fingerprint density at radius 1 is 0.778 bits per heavy atom. The van der Waals surface area contributed by atoms with E-state index >= 15 is 0 Å². The molecule has 0 N–H and O–H groups in total. The van der Waals surface area contributed by atoms with Crippen LogP contribution in [0.1, 0.15) is 45.4 Å². The number of amides is 2. The molecule has 18 heavy (non-hydrogen) atoms. The predicted molar refractivity (Wildman–Crippen MR) is 70.0 cm³/mol. The van der Waals surface area contributed by atoms with Gasteiger partial charge in [0.05, 0.1) is 0 Å². The molecule has 0 atom stereocenters. The van der Waals surface area contributed by atoms with Gasteiger partial charge < -0.3 is 9.80 Å². The Balaban J connectivity index is 1.89. The summed E-state index contributed by atoms with van der Waals surface area (Å²) in [7, 11) is 0. The van der Waals surface area contributed by atoms with Gasteiger partial charge in [-0.25, -0.2) is 0 Å². The van der Waals surface area contributed by atoms with Crippen LogP contribution in [0.15, 0.2) is 0 Å². The number of nitrogens with zero attached hydrogens (tertiary/aromatic N) is 2. The van der Waals surface area contributed by atoms with Crippen molar-refractivity contribution in [3.8, 4) is 0 Å². The third-order valence-corrected chi connectivity index (χ3v) is 4.15. The molecule has 0 saturated carbocycles. The van der Waals surface area contributed by atoms with Crippen molar-refractivity contribution < 1.29 is 9.59 Å². The Bertz CT molecular complexity index is 301. The van der Waals surface area contributed by atoms with Crippen molar-refractivity contribution in [1.29, 1.82) is 0 Å². The molecule has 0 unspecified atom stereocenters. The fraction of sp³-hybridized carbons (Fsp3) is 0.857. The van der Waals surface area contributed by atoms with Gasteiger partial charge in [0.2, 0.25) is 0 Å². The molecule has 0 aromatic carbocycles. The molecule has 2 rings (SSSR count). The Hall–Kier alpha value is -1.06. The van der Waals surface area contributed by atoms with Gasteiger partial charge in [0, 0.05) is 26.2 Å². The molecule has 2 fully saturated rings. The zero-order chi connectivity index (χ0) is 13.0. The topological polar surface area (TPSA) is 40.6 Å². The van der Waals surface area contributed by atoms with Gasteiger partial charge in [-0.15, -0.1) is 0 Å². The second-order valence-corrected chi connectivity index (χ2v) is 5.68. The van der Waals surface area contributed by atoms with Crippen LogP contribution in [-0.2, 0) is 9.59 Å². The maximum atomic E-state index is 12.2. The first-order chi connectivity index (χ1) is 8.68. The Morgan fingerprint density at radius 2 is 1.22 bits per heavy atom. The van der Waals surface area contributed by atoms with Crippen LogP contribution in [0.25, 0.3) is 0 Å². The van der Waals surface area contributed by atoms with Crippen LogP contribution >= 0.6 is 0 Å². The summed E-state index contributed by atoms with van der Waals surface area (Å²) in [6.07, 6.45) is 6.49. The first-order valence-electron chi connectivity index (χ1n) is 7.26. The van der Waals surface area contributed by atoms with E-state index in [1.807, 2.05) is 0 Å². The first kappa shape index (κ1) is 13.4. The molecule has 2 heterocycles. The van der Waals surface area contributed by atoms with E-state index in [-0.39, 0.29) is 11.8 Å². The monoisotopic (exact) mass is 252 g/mol. The number of hydrogen-bond acceptors (Lipinski definition) is 2. The van der Waals surface area contributed by atoms with Crippen LogP contribution < -0.4 is 0 Å². The highest BCUT2D eigenvalue weighted by atomic mass is 16.2. The quantitative estimate of drug-likeness (QED) is 0.615. The van der Waals surface area contributed by atoms with E-state index in [2.05, 4.69) is 6.92 Å². The number of piperidine rings is 1. The summed E-state index contributed by atoms with van der Waals surface area (Å²) < 4.78 is 0. The van der Waals surface area contributed by atoms with Crippen molar-refractivity contribution in [2.75, 3.05) is 26.2 Å². The maximum absolute atomic E-state index is 12.2. The lowest BCUT2D eigenvalue weighted by atomic mass is 9.99. The summed E-state index contributed by atoms with van der Waals surface area (Å²) in [6.45, 7) is 5.22. The average molecular weight is 252 g/mol. The van der Waals surface area contributed by atoms with Gasteiger partial charge in [-0.3, -0.25) is 9.59 Å². The number of likely N-dealkylation sites (tertiary alicyclic amines) is 2. The standard InChI is InChI=1S/C14H24N2O2/c1-12-6-10-16(11-7-12)14(18)13(17)15-8-4-2-3-5-9-15/h12H,2-11H2,1H3. The molecule has 0 aromatic heterocycles. The average Bonchev–Trinajstić information content (AvgIpc) is 2.67. The van der Waals surface area contributed by atoms with Crippen LogP contribution in [0, 0.1) is 5.92 Å². The third kappa shape index (κ3) is 3.24. The second kappa shape index (κ2) is 6.21. The van der Waals surface area contributed by atoms with Crippen molar-refractivity contribution >= 4 is 11.8 Å². The summed E-state index contributed by atoms with van der Waals surface area (Å²) in [5.41, 5.74) is 0. The summed E-state index contributed by atoms with van der Waals surface area (Å²) >= 11 is 0. The molecule has 2 amide bonds.